The van der Waals surface area contributed by atoms with Crippen molar-refractivity contribution in [2.24, 2.45) is 11.8 Å². The van der Waals surface area contributed by atoms with Gasteiger partial charge in [-0.05, 0) is 59.7 Å². The van der Waals surface area contributed by atoms with Crippen molar-refractivity contribution in [1.82, 2.24) is 4.98 Å². The molecule has 0 amide bonds. The average molecular weight is 355 g/mol. The molecule has 1 aromatic rings. The van der Waals surface area contributed by atoms with E-state index in [0.29, 0.717) is 18.6 Å². The van der Waals surface area contributed by atoms with E-state index in [9.17, 15) is 4.79 Å². The highest BCUT2D eigenvalue weighted by Gasteiger charge is 2.27. The van der Waals surface area contributed by atoms with Gasteiger partial charge in [0, 0.05) is 16.7 Å². The first-order valence-electron chi connectivity index (χ1n) is 7.59. The van der Waals surface area contributed by atoms with Crippen LogP contribution >= 0.6 is 15.9 Å². The van der Waals surface area contributed by atoms with Gasteiger partial charge < -0.3 is 10.1 Å². The molecule has 4 nitrogen and oxygen atoms in total. The van der Waals surface area contributed by atoms with Gasteiger partial charge in [0.1, 0.15) is 5.82 Å². The van der Waals surface area contributed by atoms with E-state index in [1.807, 2.05) is 12.1 Å². The molecule has 1 aromatic heterocycles. The Morgan fingerprint density at radius 2 is 2.10 bits per heavy atom. The van der Waals surface area contributed by atoms with Gasteiger partial charge in [0.05, 0.1) is 12.5 Å². The van der Waals surface area contributed by atoms with Crippen LogP contribution in [0.4, 0.5) is 5.82 Å². The summed E-state index contributed by atoms with van der Waals surface area (Å²) in [5.74, 6) is 1.34. The van der Waals surface area contributed by atoms with Crippen molar-refractivity contribution in [3.05, 3.63) is 22.8 Å². The molecular weight excluding hydrogens is 332 g/mol. The Bertz CT molecular complexity index is 454. The Kier molecular flexibility index (Phi) is 6.03. The predicted molar refractivity (Wildman–Crippen MR) is 87.1 cm³/mol. The van der Waals surface area contributed by atoms with Gasteiger partial charge in [0.25, 0.3) is 0 Å². The number of esters is 1. The monoisotopic (exact) mass is 354 g/mol. The lowest BCUT2D eigenvalue weighted by Gasteiger charge is -2.28. The molecule has 0 saturated heterocycles. The molecule has 1 saturated carbocycles. The summed E-state index contributed by atoms with van der Waals surface area (Å²) in [6, 6.07) is 4.34. The number of anilines is 1. The summed E-state index contributed by atoms with van der Waals surface area (Å²) in [6.07, 6.45) is 5.55. The van der Waals surface area contributed by atoms with Crippen molar-refractivity contribution in [2.75, 3.05) is 11.9 Å². The molecule has 0 aromatic carbocycles. The minimum atomic E-state index is -0.0242. The molecule has 116 valence electrons. The normalized spacial score (nSPS) is 22.1. The number of hydrogen-bond acceptors (Lipinski definition) is 4. The minimum absolute atomic E-state index is 0.0242. The molecule has 1 N–H and O–H groups in total. The fourth-order valence-corrected chi connectivity index (χ4v) is 2.74. The van der Waals surface area contributed by atoms with Gasteiger partial charge in [0.2, 0.25) is 0 Å². The summed E-state index contributed by atoms with van der Waals surface area (Å²) in [5, 5.41) is 3.43. The highest BCUT2D eigenvalue weighted by molar-refractivity contribution is 9.10. The Balaban J connectivity index is 1.75. The van der Waals surface area contributed by atoms with Crippen LogP contribution in [0.25, 0.3) is 0 Å². The highest BCUT2D eigenvalue weighted by atomic mass is 79.9. The van der Waals surface area contributed by atoms with Gasteiger partial charge in [-0.3, -0.25) is 4.79 Å². The van der Waals surface area contributed by atoms with E-state index in [0.717, 1.165) is 36.0 Å². The van der Waals surface area contributed by atoms with E-state index in [2.05, 4.69) is 40.1 Å². The van der Waals surface area contributed by atoms with Crippen molar-refractivity contribution in [2.45, 2.75) is 45.6 Å². The average Bonchev–Trinajstić information content (AvgIpc) is 2.48. The molecule has 1 heterocycles. The first-order valence-corrected chi connectivity index (χ1v) is 8.38. The van der Waals surface area contributed by atoms with Crippen LogP contribution in [-0.2, 0) is 9.53 Å². The van der Waals surface area contributed by atoms with Crippen LogP contribution in [0.1, 0.15) is 39.5 Å². The predicted octanol–water partition coefficient (Wildman–Crippen LogP) is 4.01. The van der Waals surface area contributed by atoms with Crippen LogP contribution in [0, 0.1) is 11.8 Å². The standard InChI is InChI=1S/C16H23BrN2O2/c1-11(2)10-21-16(20)12-3-6-14(7-4-12)19-15-8-5-13(17)9-18-15/h5,8-9,11-12,14H,3-4,6-7,10H2,1-2H3,(H,18,19). The van der Waals surface area contributed by atoms with Crippen molar-refractivity contribution < 1.29 is 9.53 Å². The highest BCUT2D eigenvalue weighted by Crippen LogP contribution is 2.27. The van der Waals surface area contributed by atoms with Crippen LogP contribution in [0.3, 0.4) is 0 Å². The lowest BCUT2D eigenvalue weighted by atomic mass is 9.86. The zero-order chi connectivity index (χ0) is 15.2. The molecule has 2 rings (SSSR count). The third kappa shape index (κ3) is 5.30. The second-order valence-electron chi connectivity index (χ2n) is 6.08. The van der Waals surface area contributed by atoms with Crippen molar-refractivity contribution >= 4 is 27.7 Å². The third-order valence-corrected chi connectivity index (χ3v) is 4.17. The van der Waals surface area contributed by atoms with E-state index in [4.69, 9.17) is 4.74 Å². The maximum absolute atomic E-state index is 11.9. The summed E-state index contributed by atoms with van der Waals surface area (Å²) in [6.45, 7) is 4.64. The number of pyridine rings is 1. The molecule has 0 bridgehead atoms. The topological polar surface area (TPSA) is 51.2 Å². The second-order valence-corrected chi connectivity index (χ2v) is 6.99. The van der Waals surface area contributed by atoms with Crippen molar-refractivity contribution in [3.63, 3.8) is 0 Å². The van der Waals surface area contributed by atoms with Crippen LogP contribution in [0.5, 0.6) is 0 Å². The lowest BCUT2D eigenvalue weighted by molar-refractivity contribution is -0.150. The molecule has 1 fully saturated rings. The molecule has 0 spiro atoms. The largest absolute Gasteiger partial charge is 0.465 e. The molecule has 0 aliphatic heterocycles. The second kappa shape index (κ2) is 7.78. The van der Waals surface area contributed by atoms with Crippen LogP contribution in [0.2, 0.25) is 0 Å². The lowest BCUT2D eigenvalue weighted by Crippen LogP contribution is -2.31. The summed E-state index contributed by atoms with van der Waals surface area (Å²) in [5.41, 5.74) is 0. The summed E-state index contributed by atoms with van der Waals surface area (Å²) >= 11 is 3.38. The van der Waals surface area contributed by atoms with E-state index in [1.54, 1.807) is 6.20 Å². The van der Waals surface area contributed by atoms with Crippen LogP contribution in [0.15, 0.2) is 22.8 Å². The van der Waals surface area contributed by atoms with E-state index < -0.39 is 0 Å². The Labute approximate surface area is 134 Å². The van der Waals surface area contributed by atoms with E-state index in [-0.39, 0.29) is 11.9 Å². The molecule has 0 atom stereocenters. The minimum Gasteiger partial charge on any atom is -0.465 e. The smallest absolute Gasteiger partial charge is 0.308 e. The zero-order valence-electron chi connectivity index (χ0n) is 12.6. The number of ether oxygens (including phenoxy) is 1. The fourth-order valence-electron chi connectivity index (χ4n) is 2.51. The quantitative estimate of drug-likeness (QED) is 0.811. The SMILES string of the molecule is CC(C)COC(=O)C1CCC(Nc2ccc(Br)cn2)CC1. The van der Waals surface area contributed by atoms with E-state index in [1.165, 1.54) is 0 Å². The van der Waals surface area contributed by atoms with Gasteiger partial charge in [-0.15, -0.1) is 0 Å². The number of carbonyl (C=O) groups excluding carboxylic acids is 1. The number of nitrogens with one attached hydrogen (secondary N) is 1. The molecule has 1 aliphatic rings. The third-order valence-electron chi connectivity index (χ3n) is 3.70. The van der Waals surface area contributed by atoms with Crippen molar-refractivity contribution in [3.8, 4) is 0 Å². The number of aromatic nitrogens is 1. The summed E-state index contributed by atoms with van der Waals surface area (Å²) in [7, 11) is 0. The maximum atomic E-state index is 11.9. The number of rotatable bonds is 5. The Hall–Kier alpha value is -1.10. The van der Waals surface area contributed by atoms with Crippen LogP contribution in [-0.4, -0.2) is 23.6 Å². The number of halogens is 1. The summed E-state index contributed by atoms with van der Waals surface area (Å²) < 4.78 is 6.31. The van der Waals surface area contributed by atoms with Crippen molar-refractivity contribution in [1.29, 1.82) is 0 Å². The van der Waals surface area contributed by atoms with Gasteiger partial charge in [-0.1, -0.05) is 13.8 Å². The summed E-state index contributed by atoms with van der Waals surface area (Å²) in [4.78, 5) is 16.3. The Morgan fingerprint density at radius 1 is 1.38 bits per heavy atom. The molecular formula is C16H23BrN2O2. The Morgan fingerprint density at radius 3 is 2.67 bits per heavy atom. The molecule has 5 heteroatoms. The van der Waals surface area contributed by atoms with Gasteiger partial charge in [0.15, 0.2) is 0 Å². The van der Waals surface area contributed by atoms with Gasteiger partial charge in [-0.25, -0.2) is 4.98 Å². The molecule has 0 unspecified atom stereocenters. The molecule has 0 radical (unpaired) electrons. The van der Waals surface area contributed by atoms with E-state index >= 15 is 0 Å². The molecule has 21 heavy (non-hydrogen) atoms. The fraction of sp³-hybridized carbons (Fsp3) is 0.625. The first-order chi connectivity index (χ1) is 10.0. The number of carbonyl (C=O) groups is 1. The zero-order valence-corrected chi connectivity index (χ0v) is 14.2. The first kappa shape index (κ1) is 16.3. The number of nitrogens with zero attached hydrogens (tertiary/aromatic N) is 1. The maximum Gasteiger partial charge on any atom is 0.308 e. The number of hydrogen-bond donors (Lipinski definition) is 1. The van der Waals surface area contributed by atoms with Crippen LogP contribution < -0.4 is 5.32 Å². The molecule has 1 aliphatic carbocycles. The van der Waals surface area contributed by atoms with Gasteiger partial charge in [-0.2, -0.15) is 0 Å². The van der Waals surface area contributed by atoms with Gasteiger partial charge >= 0.3 is 5.97 Å².